The second-order valence-corrected chi connectivity index (χ2v) is 6.17. The number of methoxy groups -OCH3 is 1. The molecule has 0 bridgehead atoms. The van der Waals surface area contributed by atoms with Crippen molar-refractivity contribution in [2.75, 3.05) is 56.7 Å². The number of rotatable bonds is 6. The maximum Gasteiger partial charge on any atom is 0.319 e. The van der Waals surface area contributed by atoms with Crippen LogP contribution in [0.1, 0.15) is 12.8 Å². The molecule has 2 N–H and O–H groups in total. The molecule has 1 aromatic carbocycles. The van der Waals surface area contributed by atoms with E-state index in [4.69, 9.17) is 4.74 Å². The zero-order valence-electron chi connectivity index (χ0n) is 13.8. The van der Waals surface area contributed by atoms with Gasteiger partial charge in [0.2, 0.25) is 0 Å². The topological polar surface area (TPSA) is 56.8 Å². The molecule has 1 heterocycles. The lowest BCUT2D eigenvalue weighted by Gasteiger charge is -2.36. The van der Waals surface area contributed by atoms with Crippen LogP contribution in [0.5, 0.6) is 0 Å². The van der Waals surface area contributed by atoms with Gasteiger partial charge in [-0.1, -0.05) is 0 Å². The first-order chi connectivity index (χ1) is 11.3. The molecule has 0 spiro atoms. The number of amides is 2. The Bertz CT molecular complexity index is 508. The van der Waals surface area contributed by atoms with Gasteiger partial charge in [-0.15, -0.1) is 0 Å². The Hall–Kier alpha value is -1.79. The maximum atomic E-state index is 11.7. The molecule has 0 unspecified atom stereocenters. The first-order valence-electron chi connectivity index (χ1n) is 8.39. The van der Waals surface area contributed by atoms with Crippen molar-refractivity contribution in [3.05, 3.63) is 24.3 Å². The summed E-state index contributed by atoms with van der Waals surface area (Å²) in [6.45, 7) is 5.51. The normalized spacial score (nSPS) is 18.7. The van der Waals surface area contributed by atoms with Crippen molar-refractivity contribution in [3.63, 3.8) is 0 Å². The molecule has 0 atom stereocenters. The molecular formula is C17H26N4O2. The molecule has 23 heavy (non-hydrogen) atoms. The number of carbonyl (C=O) groups excluding carboxylic acids is 1. The summed E-state index contributed by atoms with van der Waals surface area (Å²) in [5, 5.41) is 5.57. The van der Waals surface area contributed by atoms with E-state index in [1.54, 1.807) is 7.11 Å². The second-order valence-electron chi connectivity index (χ2n) is 6.17. The van der Waals surface area contributed by atoms with E-state index in [1.807, 2.05) is 12.1 Å². The van der Waals surface area contributed by atoms with Gasteiger partial charge in [-0.05, 0) is 37.1 Å². The lowest BCUT2D eigenvalue weighted by molar-refractivity contribution is 0.198. The van der Waals surface area contributed by atoms with Gasteiger partial charge in [-0.25, -0.2) is 4.79 Å². The van der Waals surface area contributed by atoms with E-state index in [2.05, 4.69) is 32.6 Å². The van der Waals surface area contributed by atoms with Crippen molar-refractivity contribution < 1.29 is 9.53 Å². The van der Waals surface area contributed by atoms with Crippen molar-refractivity contribution >= 4 is 17.4 Å². The first-order valence-corrected chi connectivity index (χ1v) is 8.39. The van der Waals surface area contributed by atoms with Crippen molar-refractivity contribution in [1.29, 1.82) is 0 Å². The number of benzene rings is 1. The Morgan fingerprint density at radius 1 is 1.17 bits per heavy atom. The zero-order chi connectivity index (χ0) is 16.1. The van der Waals surface area contributed by atoms with Crippen LogP contribution in [0.2, 0.25) is 0 Å². The molecule has 0 radical (unpaired) electrons. The van der Waals surface area contributed by atoms with Crippen molar-refractivity contribution in [2.45, 2.75) is 18.9 Å². The summed E-state index contributed by atoms with van der Waals surface area (Å²) >= 11 is 0. The van der Waals surface area contributed by atoms with Gasteiger partial charge in [0.15, 0.2) is 0 Å². The number of carbonyl (C=O) groups is 1. The van der Waals surface area contributed by atoms with Gasteiger partial charge < -0.3 is 20.3 Å². The average Bonchev–Trinajstić information content (AvgIpc) is 3.41. The van der Waals surface area contributed by atoms with Crippen LogP contribution >= 0.6 is 0 Å². The molecule has 1 saturated carbocycles. The van der Waals surface area contributed by atoms with Gasteiger partial charge in [-0.2, -0.15) is 0 Å². The number of piperazine rings is 1. The van der Waals surface area contributed by atoms with Crippen molar-refractivity contribution in [3.8, 4) is 0 Å². The van der Waals surface area contributed by atoms with Gasteiger partial charge >= 0.3 is 6.03 Å². The minimum absolute atomic E-state index is 0.201. The maximum absolute atomic E-state index is 11.7. The van der Waals surface area contributed by atoms with Crippen molar-refractivity contribution in [1.82, 2.24) is 10.2 Å². The van der Waals surface area contributed by atoms with Gasteiger partial charge in [-0.3, -0.25) is 4.90 Å². The highest BCUT2D eigenvalue weighted by molar-refractivity contribution is 5.89. The summed E-state index contributed by atoms with van der Waals surface area (Å²) in [4.78, 5) is 16.7. The van der Waals surface area contributed by atoms with Crippen LogP contribution in [0.15, 0.2) is 24.3 Å². The molecule has 1 saturated heterocycles. The predicted molar refractivity (Wildman–Crippen MR) is 92.1 cm³/mol. The minimum atomic E-state index is -0.201. The van der Waals surface area contributed by atoms with Crippen LogP contribution in [0.4, 0.5) is 16.2 Å². The molecule has 1 aromatic rings. The third kappa shape index (κ3) is 4.59. The highest BCUT2D eigenvalue weighted by Gasteiger charge is 2.31. The SMILES string of the molecule is COCCNC(=O)Nc1ccc(N2CCN(C3CC3)CC2)cc1. The highest BCUT2D eigenvalue weighted by atomic mass is 16.5. The highest BCUT2D eigenvalue weighted by Crippen LogP contribution is 2.28. The summed E-state index contributed by atoms with van der Waals surface area (Å²) in [6, 6.07) is 8.74. The number of hydrogen-bond acceptors (Lipinski definition) is 4. The number of urea groups is 1. The van der Waals surface area contributed by atoms with E-state index >= 15 is 0 Å². The quantitative estimate of drug-likeness (QED) is 0.785. The molecule has 6 nitrogen and oxygen atoms in total. The minimum Gasteiger partial charge on any atom is -0.383 e. The Morgan fingerprint density at radius 2 is 1.87 bits per heavy atom. The fourth-order valence-electron chi connectivity index (χ4n) is 2.98. The Kier molecular flexibility index (Phi) is 5.35. The van der Waals surface area contributed by atoms with E-state index in [0.717, 1.165) is 37.9 Å². The van der Waals surface area contributed by atoms with Crippen molar-refractivity contribution in [2.24, 2.45) is 0 Å². The fraction of sp³-hybridized carbons (Fsp3) is 0.588. The Morgan fingerprint density at radius 3 is 2.48 bits per heavy atom. The van der Waals surface area contributed by atoms with Gasteiger partial charge in [0.05, 0.1) is 6.61 Å². The summed E-state index contributed by atoms with van der Waals surface area (Å²) in [5.74, 6) is 0. The largest absolute Gasteiger partial charge is 0.383 e. The summed E-state index contributed by atoms with van der Waals surface area (Å²) in [7, 11) is 1.61. The van der Waals surface area contributed by atoms with Crippen LogP contribution in [0, 0.1) is 0 Å². The number of nitrogens with one attached hydrogen (secondary N) is 2. The molecule has 2 amide bonds. The molecule has 2 fully saturated rings. The molecule has 1 aliphatic carbocycles. The van der Waals surface area contributed by atoms with E-state index in [1.165, 1.54) is 18.5 Å². The van der Waals surface area contributed by atoms with E-state index in [-0.39, 0.29) is 6.03 Å². The molecule has 0 aromatic heterocycles. The molecule has 1 aliphatic heterocycles. The third-order valence-electron chi connectivity index (χ3n) is 4.46. The fourth-order valence-corrected chi connectivity index (χ4v) is 2.98. The van der Waals surface area contributed by atoms with E-state index < -0.39 is 0 Å². The van der Waals surface area contributed by atoms with E-state index in [0.29, 0.717) is 13.2 Å². The van der Waals surface area contributed by atoms with E-state index in [9.17, 15) is 4.79 Å². The second kappa shape index (κ2) is 7.66. The standard InChI is InChI=1S/C17H26N4O2/c1-23-13-8-18-17(22)19-14-2-4-15(5-3-14)20-9-11-21(12-10-20)16-6-7-16/h2-5,16H,6-13H2,1H3,(H2,18,19,22). The number of ether oxygens (including phenoxy) is 1. The number of hydrogen-bond donors (Lipinski definition) is 2. The zero-order valence-corrected chi connectivity index (χ0v) is 13.8. The molecule has 2 aliphatic rings. The van der Waals surface area contributed by atoms with Crippen LogP contribution in [-0.4, -0.2) is 63.4 Å². The van der Waals surface area contributed by atoms with Gasteiger partial charge in [0, 0.05) is 57.3 Å². The third-order valence-corrected chi connectivity index (χ3v) is 4.46. The molecular weight excluding hydrogens is 292 g/mol. The molecule has 126 valence electrons. The summed E-state index contributed by atoms with van der Waals surface area (Å²) in [5.41, 5.74) is 2.03. The number of anilines is 2. The summed E-state index contributed by atoms with van der Waals surface area (Å²) < 4.78 is 4.90. The first kappa shape index (κ1) is 16.1. The van der Waals surface area contributed by atoms with Crippen LogP contribution < -0.4 is 15.5 Å². The van der Waals surface area contributed by atoms with Gasteiger partial charge in [0.1, 0.15) is 0 Å². The molecule has 3 rings (SSSR count). The van der Waals surface area contributed by atoms with Gasteiger partial charge in [0.25, 0.3) is 0 Å². The summed E-state index contributed by atoms with van der Waals surface area (Å²) in [6.07, 6.45) is 2.76. The van der Waals surface area contributed by atoms with Crippen LogP contribution in [0.25, 0.3) is 0 Å². The predicted octanol–water partition coefficient (Wildman–Crippen LogP) is 1.74. The lowest BCUT2D eigenvalue weighted by Crippen LogP contribution is -2.47. The van der Waals surface area contributed by atoms with Crippen LogP contribution in [0.3, 0.4) is 0 Å². The van der Waals surface area contributed by atoms with Crippen LogP contribution in [-0.2, 0) is 4.74 Å². The Balaban J connectivity index is 1.46. The lowest BCUT2D eigenvalue weighted by atomic mass is 10.2. The monoisotopic (exact) mass is 318 g/mol. The number of nitrogens with zero attached hydrogens (tertiary/aromatic N) is 2. The molecule has 6 heteroatoms. The Labute approximate surface area is 137 Å². The smallest absolute Gasteiger partial charge is 0.319 e. The average molecular weight is 318 g/mol.